The van der Waals surface area contributed by atoms with Crippen LogP contribution in [-0.4, -0.2) is 0 Å². The first-order valence-corrected chi connectivity index (χ1v) is 3.21. The normalized spacial score (nSPS) is 13.4. The van der Waals surface area contributed by atoms with E-state index in [2.05, 4.69) is 32.2 Å². The average Bonchev–Trinajstić information content (AvgIpc) is 1.89. The van der Waals surface area contributed by atoms with Crippen LogP contribution in [0.5, 0.6) is 0 Å². The molecule has 0 aliphatic heterocycles. The van der Waals surface area contributed by atoms with Gasteiger partial charge in [0.25, 0.3) is 0 Å². The summed E-state index contributed by atoms with van der Waals surface area (Å²) < 4.78 is 0. The van der Waals surface area contributed by atoms with E-state index in [9.17, 15) is 0 Å². The summed E-state index contributed by atoms with van der Waals surface area (Å²) in [4.78, 5) is 0. The van der Waals surface area contributed by atoms with E-state index >= 15 is 0 Å². The molecule has 0 spiro atoms. The molecule has 0 bridgehead atoms. The van der Waals surface area contributed by atoms with E-state index in [1.165, 1.54) is 0 Å². The molecule has 0 saturated heterocycles. The molecular formula is C9H14. The van der Waals surface area contributed by atoms with E-state index in [1.54, 1.807) is 0 Å². The van der Waals surface area contributed by atoms with E-state index in [4.69, 9.17) is 0 Å². The Bertz CT molecular complexity index is 109. The van der Waals surface area contributed by atoms with Crippen LogP contribution in [0.3, 0.4) is 0 Å². The van der Waals surface area contributed by atoms with Crippen molar-refractivity contribution in [2.24, 2.45) is 5.92 Å². The van der Waals surface area contributed by atoms with Crippen LogP contribution in [0.2, 0.25) is 0 Å². The van der Waals surface area contributed by atoms with Crippen LogP contribution in [0.4, 0.5) is 0 Å². The molecule has 1 unspecified atom stereocenters. The number of hydrogen-bond acceptors (Lipinski definition) is 0. The molecule has 50 valence electrons. The topological polar surface area (TPSA) is 0 Å². The molecule has 9 heavy (non-hydrogen) atoms. The van der Waals surface area contributed by atoms with Gasteiger partial charge in [-0.3, -0.25) is 0 Å². The van der Waals surface area contributed by atoms with Gasteiger partial charge in [0.1, 0.15) is 0 Å². The van der Waals surface area contributed by atoms with Crippen LogP contribution >= 0.6 is 0 Å². The molecule has 0 N–H and O–H groups in total. The number of allylic oxidation sites excluding steroid dienone is 4. The van der Waals surface area contributed by atoms with Crippen molar-refractivity contribution in [1.82, 2.24) is 0 Å². The Labute approximate surface area is 57.6 Å². The Hall–Kier alpha value is -0.780. The molecule has 0 radical (unpaired) electrons. The fourth-order valence-electron chi connectivity index (χ4n) is 0.468. The number of rotatable bonds is 4. The van der Waals surface area contributed by atoms with Crippen molar-refractivity contribution in [3.8, 4) is 0 Å². The van der Waals surface area contributed by atoms with Crippen molar-refractivity contribution in [2.45, 2.75) is 13.3 Å². The fourth-order valence-corrected chi connectivity index (χ4v) is 0.468. The Kier molecular flexibility index (Phi) is 4.89. The molecule has 0 aliphatic rings. The van der Waals surface area contributed by atoms with Crippen molar-refractivity contribution in [3.05, 3.63) is 37.5 Å². The van der Waals surface area contributed by atoms with Crippen LogP contribution in [-0.2, 0) is 0 Å². The van der Waals surface area contributed by atoms with Gasteiger partial charge in [-0.1, -0.05) is 31.2 Å². The lowest BCUT2D eigenvalue weighted by molar-refractivity contribution is 0.938. The highest BCUT2D eigenvalue weighted by atomic mass is 13.9. The molecule has 0 aromatic heterocycles. The Morgan fingerprint density at radius 3 is 2.56 bits per heavy atom. The maximum absolute atomic E-state index is 3.66. The summed E-state index contributed by atoms with van der Waals surface area (Å²) in [6, 6.07) is 0. The van der Waals surface area contributed by atoms with Crippen LogP contribution < -0.4 is 0 Å². The quantitative estimate of drug-likeness (QED) is 0.503. The van der Waals surface area contributed by atoms with Gasteiger partial charge in [-0.25, -0.2) is 0 Å². The van der Waals surface area contributed by atoms with Crippen LogP contribution in [0, 0.1) is 5.92 Å². The SMILES string of the molecule is C=CC/C=C/C(C)C=C. The molecule has 0 aromatic carbocycles. The first-order chi connectivity index (χ1) is 4.31. The zero-order valence-electron chi connectivity index (χ0n) is 6.01. The minimum Gasteiger partial charge on any atom is -0.103 e. The smallest absolute Gasteiger partial charge is 0.00845 e. The molecule has 0 heterocycles. The summed E-state index contributed by atoms with van der Waals surface area (Å²) in [7, 11) is 0. The van der Waals surface area contributed by atoms with Crippen LogP contribution in [0.15, 0.2) is 37.5 Å². The van der Waals surface area contributed by atoms with E-state index < -0.39 is 0 Å². The molecule has 0 aliphatic carbocycles. The van der Waals surface area contributed by atoms with Crippen molar-refractivity contribution in [3.63, 3.8) is 0 Å². The lowest BCUT2D eigenvalue weighted by Gasteiger charge is -1.92. The van der Waals surface area contributed by atoms with Crippen LogP contribution in [0.25, 0.3) is 0 Å². The predicted molar refractivity (Wildman–Crippen MR) is 43.3 cm³/mol. The summed E-state index contributed by atoms with van der Waals surface area (Å²) >= 11 is 0. The van der Waals surface area contributed by atoms with Crippen LogP contribution in [0.1, 0.15) is 13.3 Å². The molecule has 0 rings (SSSR count). The maximum atomic E-state index is 3.66. The highest BCUT2D eigenvalue weighted by molar-refractivity contribution is 4.97. The Morgan fingerprint density at radius 2 is 2.11 bits per heavy atom. The lowest BCUT2D eigenvalue weighted by Crippen LogP contribution is -1.78. The minimum absolute atomic E-state index is 0.491. The zero-order valence-corrected chi connectivity index (χ0v) is 6.01. The van der Waals surface area contributed by atoms with E-state index in [0.717, 1.165) is 6.42 Å². The second kappa shape index (κ2) is 5.36. The molecule has 0 fully saturated rings. The monoisotopic (exact) mass is 122 g/mol. The Balaban J connectivity index is 3.42. The first-order valence-electron chi connectivity index (χ1n) is 3.21. The summed E-state index contributed by atoms with van der Waals surface area (Å²) in [5.74, 6) is 0.491. The van der Waals surface area contributed by atoms with Gasteiger partial charge in [0.2, 0.25) is 0 Å². The molecule has 1 atom stereocenters. The third-order valence-electron chi connectivity index (χ3n) is 1.11. The van der Waals surface area contributed by atoms with Crippen molar-refractivity contribution < 1.29 is 0 Å². The number of hydrogen-bond donors (Lipinski definition) is 0. The van der Waals surface area contributed by atoms with Gasteiger partial charge < -0.3 is 0 Å². The summed E-state index contributed by atoms with van der Waals surface area (Å²) in [5, 5.41) is 0. The average molecular weight is 122 g/mol. The third-order valence-corrected chi connectivity index (χ3v) is 1.11. The van der Waals surface area contributed by atoms with E-state index in [0.29, 0.717) is 5.92 Å². The summed E-state index contributed by atoms with van der Waals surface area (Å²) in [5.41, 5.74) is 0. The van der Waals surface area contributed by atoms with E-state index in [-0.39, 0.29) is 0 Å². The Morgan fingerprint density at radius 1 is 1.44 bits per heavy atom. The molecule has 0 saturated carbocycles. The van der Waals surface area contributed by atoms with Gasteiger partial charge in [0.15, 0.2) is 0 Å². The van der Waals surface area contributed by atoms with Gasteiger partial charge >= 0.3 is 0 Å². The molecule has 0 amide bonds. The van der Waals surface area contributed by atoms with E-state index in [1.807, 2.05) is 12.2 Å². The highest BCUT2D eigenvalue weighted by Gasteiger charge is 1.83. The third kappa shape index (κ3) is 5.09. The van der Waals surface area contributed by atoms with Gasteiger partial charge in [-0.2, -0.15) is 0 Å². The lowest BCUT2D eigenvalue weighted by atomic mass is 10.1. The fraction of sp³-hybridized carbons (Fsp3) is 0.333. The van der Waals surface area contributed by atoms with Gasteiger partial charge in [-0.15, -0.1) is 13.2 Å². The molecule has 0 aromatic rings. The van der Waals surface area contributed by atoms with Crippen molar-refractivity contribution >= 4 is 0 Å². The molecule has 0 nitrogen and oxygen atoms in total. The molecule has 0 heteroatoms. The van der Waals surface area contributed by atoms with Gasteiger partial charge in [-0.05, 0) is 12.3 Å². The second-order valence-electron chi connectivity index (χ2n) is 2.05. The standard InChI is InChI=1S/C9H14/c1-4-6-7-8-9(3)5-2/h4-5,7-9H,1-2,6H2,3H3/b8-7+. The maximum Gasteiger partial charge on any atom is -0.00845 e. The largest absolute Gasteiger partial charge is 0.103 e. The summed E-state index contributed by atoms with van der Waals surface area (Å²) in [6.07, 6.45) is 8.97. The van der Waals surface area contributed by atoms with Gasteiger partial charge in [0, 0.05) is 0 Å². The minimum atomic E-state index is 0.491. The molecular weight excluding hydrogens is 108 g/mol. The first kappa shape index (κ1) is 8.22. The summed E-state index contributed by atoms with van der Waals surface area (Å²) in [6.45, 7) is 9.37. The predicted octanol–water partition coefficient (Wildman–Crippen LogP) is 2.94. The highest BCUT2D eigenvalue weighted by Crippen LogP contribution is 1.97. The second-order valence-corrected chi connectivity index (χ2v) is 2.05. The van der Waals surface area contributed by atoms with Gasteiger partial charge in [0.05, 0.1) is 0 Å². The van der Waals surface area contributed by atoms with Crippen molar-refractivity contribution in [1.29, 1.82) is 0 Å². The van der Waals surface area contributed by atoms with Crippen molar-refractivity contribution in [2.75, 3.05) is 0 Å². The zero-order chi connectivity index (χ0) is 7.11.